The van der Waals surface area contributed by atoms with Crippen LogP contribution in [0.4, 0.5) is 5.82 Å². The highest BCUT2D eigenvalue weighted by Crippen LogP contribution is 2.33. The summed E-state index contributed by atoms with van der Waals surface area (Å²) in [6, 6.07) is 13.1. The first kappa shape index (κ1) is 19.8. The van der Waals surface area contributed by atoms with E-state index in [0.717, 1.165) is 18.4 Å². The highest BCUT2D eigenvalue weighted by Gasteiger charge is 2.27. The third kappa shape index (κ3) is 3.49. The molecular formula is C23H21ClN4O3. The first-order valence-electron chi connectivity index (χ1n) is 10.1. The number of nitrogens with two attached hydrogens (primary N) is 1. The minimum Gasteiger partial charge on any atom is -0.459 e. The minimum absolute atomic E-state index is 0.0821. The molecule has 0 radical (unpaired) electrons. The third-order valence-electron chi connectivity index (χ3n) is 5.54. The summed E-state index contributed by atoms with van der Waals surface area (Å²) in [5, 5.41) is 0.593. The molecule has 0 aliphatic carbocycles. The van der Waals surface area contributed by atoms with Gasteiger partial charge in [-0.05, 0) is 49.6 Å². The van der Waals surface area contributed by atoms with Crippen LogP contribution in [0.1, 0.15) is 28.8 Å². The molecule has 0 saturated carbocycles. The number of rotatable bonds is 4. The van der Waals surface area contributed by atoms with Gasteiger partial charge in [0, 0.05) is 11.6 Å². The predicted molar refractivity (Wildman–Crippen MR) is 120 cm³/mol. The second-order valence-corrected chi connectivity index (χ2v) is 8.05. The molecule has 1 atom stereocenters. The lowest BCUT2D eigenvalue weighted by Crippen LogP contribution is -2.18. The molecule has 0 unspecified atom stereocenters. The van der Waals surface area contributed by atoms with E-state index >= 15 is 0 Å². The average Bonchev–Trinajstić information content (AvgIpc) is 3.38. The Bertz CT molecular complexity index is 1310. The van der Waals surface area contributed by atoms with Gasteiger partial charge in [-0.15, -0.1) is 0 Å². The maximum atomic E-state index is 13.1. The molecule has 1 aliphatic rings. The van der Waals surface area contributed by atoms with Crippen molar-refractivity contribution in [2.75, 3.05) is 18.9 Å². The standard InChI is InChI=1S/C23H21ClN4O3/c1-13-8-9-14(11-16(13)24)28-21(25)19(23(29)31-12-15-5-4-10-30-15)20-22(28)27-18-7-3-2-6-17(18)26-20/h2-3,6-9,11,15H,4-5,10,12,25H2,1H3/t15-/m1/s1. The minimum atomic E-state index is -0.542. The molecule has 0 amide bonds. The van der Waals surface area contributed by atoms with Crippen molar-refractivity contribution in [3.63, 3.8) is 0 Å². The number of para-hydroxylation sites is 2. The number of aryl methyl sites for hydroxylation is 1. The molecule has 5 rings (SSSR count). The summed E-state index contributed by atoms with van der Waals surface area (Å²) in [6.45, 7) is 2.79. The summed E-state index contributed by atoms with van der Waals surface area (Å²) >= 11 is 6.36. The topological polar surface area (TPSA) is 92.3 Å². The normalized spacial score (nSPS) is 16.3. The number of hydrogen-bond donors (Lipinski definition) is 1. The summed E-state index contributed by atoms with van der Waals surface area (Å²) in [4.78, 5) is 22.5. The fourth-order valence-electron chi connectivity index (χ4n) is 3.86. The number of halogens is 1. The molecule has 3 heterocycles. The highest BCUT2D eigenvalue weighted by atomic mass is 35.5. The van der Waals surface area contributed by atoms with Crippen molar-refractivity contribution in [3.05, 3.63) is 58.6 Å². The molecule has 0 bridgehead atoms. The summed E-state index contributed by atoms with van der Waals surface area (Å²) in [5.41, 5.74) is 10.6. The molecule has 1 aliphatic heterocycles. The van der Waals surface area contributed by atoms with E-state index in [1.54, 1.807) is 10.6 Å². The molecule has 1 saturated heterocycles. The van der Waals surface area contributed by atoms with Crippen molar-refractivity contribution in [1.82, 2.24) is 14.5 Å². The van der Waals surface area contributed by atoms with Crippen LogP contribution in [0.3, 0.4) is 0 Å². The van der Waals surface area contributed by atoms with Gasteiger partial charge in [-0.2, -0.15) is 0 Å². The van der Waals surface area contributed by atoms with Gasteiger partial charge >= 0.3 is 5.97 Å². The molecule has 0 spiro atoms. The molecule has 2 aromatic heterocycles. The van der Waals surface area contributed by atoms with E-state index in [0.29, 0.717) is 39.5 Å². The molecule has 4 aromatic rings. The van der Waals surface area contributed by atoms with Gasteiger partial charge in [-0.25, -0.2) is 14.8 Å². The zero-order valence-electron chi connectivity index (χ0n) is 17.0. The molecule has 2 N–H and O–H groups in total. The van der Waals surface area contributed by atoms with Gasteiger partial charge in [0.2, 0.25) is 0 Å². The first-order chi connectivity index (χ1) is 15.0. The van der Waals surface area contributed by atoms with E-state index in [9.17, 15) is 4.79 Å². The molecule has 8 heteroatoms. The van der Waals surface area contributed by atoms with E-state index in [1.165, 1.54) is 0 Å². The van der Waals surface area contributed by atoms with Gasteiger partial charge < -0.3 is 15.2 Å². The molecule has 158 valence electrons. The average molecular weight is 437 g/mol. The van der Waals surface area contributed by atoms with Crippen LogP contribution in [0.2, 0.25) is 5.02 Å². The number of benzene rings is 2. The molecular weight excluding hydrogens is 416 g/mol. The maximum Gasteiger partial charge on any atom is 0.344 e. The molecule has 2 aromatic carbocycles. The third-order valence-corrected chi connectivity index (χ3v) is 5.95. The number of hydrogen-bond acceptors (Lipinski definition) is 6. The van der Waals surface area contributed by atoms with Gasteiger partial charge in [-0.3, -0.25) is 4.57 Å². The number of ether oxygens (including phenoxy) is 2. The predicted octanol–water partition coefficient (Wildman–Crippen LogP) is 4.45. The van der Waals surface area contributed by atoms with E-state index in [4.69, 9.17) is 36.8 Å². The highest BCUT2D eigenvalue weighted by molar-refractivity contribution is 6.31. The Morgan fingerprint density at radius 2 is 2.03 bits per heavy atom. The largest absolute Gasteiger partial charge is 0.459 e. The van der Waals surface area contributed by atoms with Gasteiger partial charge in [-0.1, -0.05) is 29.8 Å². The number of carbonyl (C=O) groups excluding carboxylic acids is 1. The molecule has 1 fully saturated rings. The number of aromatic nitrogens is 3. The van der Waals surface area contributed by atoms with Crippen molar-refractivity contribution in [2.45, 2.75) is 25.9 Å². The van der Waals surface area contributed by atoms with E-state index in [-0.39, 0.29) is 24.1 Å². The van der Waals surface area contributed by atoms with Crippen LogP contribution in [0.15, 0.2) is 42.5 Å². The summed E-state index contributed by atoms with van der Waals surface area (Å²) in [5.74, 6) is -0.331. The van der Waals surface area contributed by atoms with E-state index in [2.05, 4.69) is 0 Å². The van der Waals surface area contributed by atoms with Crippen molar-refractivity contribution in [2.24, 2.45) is 0 Å². The van der Waals surface area contributed by atoms with Crippen molar-refractivity contribution in [3.8, 4) is 5.69 Å². The maximum absolute atomic E-state index is 13.1. The summed E-state index contributed by atoms with van der Waals surface area (Å²) in [7, 11) is 0. The van der Waals surface area contributed by atoms with Gasteiger partial charge in [0.25, 0.3) is 0 Å². The monoisotopic (exact) mass is 436 g/mol. The lowest BCUT2D eigenvalue weighted by molar-refractivity contribution is 0.0163. The second-order valence-electron chi connectivity index (χ2n) is 7.65. The van der Waals surface area contributed by atoms with E-state index in [1.807, 2.05) is 43.3 Å². The zero-order valence-corrected chi connectivity index (χ0v) is 17.7. The lowest BCUT2D eigenvalue weighted by Gasteiger charge is -2.11. The van der Waals surface area contributed by atoms with Crippen LogP contribution in [0.5, 0.6) is 0 Å². The number of nitrogen functional groups attached to an aromatic ring is 1. The van der Waals surface area contributed by atoms with Crippen LogP contribution in [-0.4, -0.2) is 39.8 Å². The number of fused-ring (bicyclic) bond motifs is 2. The van der Waals surface area contributed by atoms with Crippen LogP contribution < -0.4 is 5.73 Å². The summed E-state index contributed by atoms with van der Waals surface area (Å²) in [6.07, 6.45) is 1.76. The Kier molecular flexibility index (Phi) is 5.00. The second kappa shape index (κ2) is 7.83. The van der Waals surface area contributed by atoms with Crippen LogP contribution in [0, 0.1) is 6.92 Å². The number of carbonyl (C=O) groups is 1. The Balaban J connectivity index is 1.68. The van der Waals surface area contributed by atoms with Crippen LogP contribution in [0.25, 0.3) is 27.9 Å². The Morgan fingerprint density at radius 3 is 2.74 bits per heavy atom. The quantitative estimate of drug-likeness (QED) is 0.475. The van der Waals surface area contributed by atoms with Crippen LogP contribution in [-0.2, 0) is 9.47 Å². The first-order valence-corrected chi connectivity index (χ1v) is 10.5. The van der Waals surface area contributed by atoms with Crippen LogP contribution >= 0.6 is 11.6 Å². The SMILES string of the molecule is Cc1ccc(-n2c(N)c(C(=O)OC[C@H]3CCCO3)c3nc4ccccc4nc32)cc1Cl. The van der Waals surface area contributed by atoms with Crippen molar-refractivity contribution >= 4 is 45.6 Å². The molecule has 31 heavy (non-hydrogen) atoms. The van der Waals surface area contributed by atoms with Gasteiger partial charge in [0.15, 0.2) is 5.65 Å². The fourth-order valence-corrected chi connectivity index (χ4v) is 4.04. The fraction of sp³-hybridized carbons (Fsp3) is 0.261. The molecule has 7 nitrogen and oxygen atoms in total. The van der Waals surface area contributed by atoms with Crippen molar-refractivity contribution < 1.29 is 14.3 Å². The van der Waals surface area contributed by atoms with Gasteiger partial charge in [0.1, 0.15) is 23.5 Å². The number of esters is 1. The smallest absolute Gasteiger partial charge is 0.344 e. The summed E-state index contributed by atoms with van der Waals surface area (Å²) < 4.78 is 12.8. The zero-order chi connectivity index (χ0) is 21.5. The lowest BCUT2D eigenvalue weighted by atomic mass is 10.2. The Labute approximate surface area is 183 Å². The van der Waals surface area contributed by atoms with E-state index < -0.39 is 5.97 Å². The number of nitrogens with zero attached hydrogens (tertiary/aromatic N) is 3. The Morgan fingerprint density at radius 1 is 1.26 bits per heavy atom. The Hall–Kier alpha value is -3.16. The number of anilines is 1. The van der Waals surface area contributed by atoms with Crippen molar-refractivity contribution in [1.29, 1.82) is 0 Å². The van der Waals surface area contributed by atoms with Gasteiger partial charge in [0.05, 0.1) is 22.8 Å².